The minimum absolute atomic E-state index is 0.179. The first-order valence-corrected chi connectivity index (χ1v) is 9.42. The second kappa shape index (κ2) is 6.64. The summed E-state index contributed by atoms with van der Waals surface area (Å²) in [5.74, 6) is 1.18. The average Bonchev–Trinajstić information content (AvgIpc) is 3.13. The van der Waals surface area contributed by atoms with E-state index in [2.05, 4.69) is 15.3 Å². The number of ether oxygens (including phenoxy) is 1. The van der Waals surface area contributed by atoms with Crippen LogP contribution in [0.25, 0.3) is 10.2 Å². The SMILES string of the molecule is NC(=O)CC1CCc2sc3ncnc(OCC4CCNCC4)c3c21. The number of primary amides is 1. The van der Waals surface area contributed by atoms with Gasteiger partial charge in [-0.3, -0.25) is 4.79 Å². The van der Waals surface area contributed by atoms with Crippen LogP contribution < -0.4 is 15.8 Å². The summed E-state index contributed by atoms with van der Waals surface area (Å²) in [6.45, 7) is 2.81. The summed E-state index contributed by atoms with van der Waals surface area (Å²) in [6.07, 6.45) is 6.21. The lowest BCUT2D eigenvalue weighted by Gasteiger charge is -2.22. The van der Waals surface area contributed by atoms with Gasteiger partial charge in [-0.25, -0.2) is 9.97 Å². The Hall–Kier alpha value is -1.73. The van der Waals surface area contributed by atoms with E-state index in [1.165, 1.54) is 10.4 Å². The highest BCUT2D eigenvalue weighted by atomic mass is 32.1. The Kier molecular flexibility index (Phi) is 4.37. The first-order chi connectivity index (χ1) is 11.7. The molecule has 128 valence electrons. The fraction of sp³-hybridized carbons (Fsp3) is 0.588. The second-order valence-electron chi connectivity index (χ2n) is 6.71. The van der Waals surface area contributed by atoms with Gasteiger partial charge in [0.05, 0.1) is 12.0 Å². The third-order valence-corrected chi connectivity index (χ3v) is 6.23. The van der Waals surface area contributed by atoms with Crippen LogP contribution in [-0.2, 0) is 11.2 Å². The van der Waals surface area contributed by atoms with E-state index < -0.39 is 0 Å². The van der Waals surface area contributed by atoms with E-state index in [4.69, 9.17) is 10.5 Å². The number of carbonyl (C=O) groups excluding carboxylic acids is 1. The molecule has 1 amide bonds. The van der Waals surface area contributed by atoms with E-state index >= 15 is 0 Å². The molecule has 0 radical (unpaired) electrons. The maximum absolute atomic E-state index is 11.4. The lowest BCUT2D eigenvalue weighted by atomic mass is 9.97. The van der Waals surface area contributed by atoms with Gasteiger partial charge in [0.25, 0.3) is 0 Å². The quantitative estimate of drug-likeness (QED) is 0.864. The number of nitrogens with zero attached hydrogens (tertiary/aromatic N) is 2. The van der Waals surface area contributed by atoms with Gasteiger partial charge in [0.15, 0.2) is 0 Å². The number of nitrogens with one attached hydrogen (secondary N) is 1. The molecule has 3 heterocycles. The standard InChI is InChI=1S/C17H22N4O2S/c18-13(22)7-11-1-2-12-14(11)15-16(20-9-21-17(15)24-12)23-8-10-3-5-19-6-4-10/h9-11,19H,1-8H2,(H2,18,22). The molecule has 2 aromatic heterocycles. The van der Waals surface area contributed by atoms with Crippen LogP contribution in [0, 0.1) is 5.92 Å². The van der Waals surface area contributed by atoms with Gasteiger partial charge in [0, 0.05) is 11.3 Å². The molecule has 24 heavy (non-hydrogen) atoms. The molecule has 1 aliphatic heterocycles. The predicted molar refractivity (Wildman–Crippen MR) is 93.4 cm³/mol. The molecule has 2 aliphatic rings. The van der Waals surface area contributed by atoms with Crippen LogP contribution in [0.1, 0.15) is 42.0 Å². The van der Waals surface area contributed by atoms with Crippen LogP contribution in [0.15, 0.2) is 6.33 Å². The van der Waals surface area contributed by atoms with Gasteiger partial charge in [-0.2, -0.15) is 0 Å². The highest BCUT2D eigenvalue weighted by Gasteiger charge is 2.31. The number of aryl methyl sites for hydroxylation is 1. The maximum Gasteiger partial charge on any atom is 0.225 e. The van der Waals surface area contributed by atoms with Gasteiger partial charge in [-0.1, -0.05) is 0 Å². The first-order valence-electron chi connectivity index (χ1n) is 8.60. The molecular formula is C17H22N4O2S. The molecule has 7 heteroatoms. The molecule has 0 aromatic carbocycles. The highest BCUT2D eigenvalue weighted by molar-refractivity contribution is 7.19. The molecule has 0 spiro atoms. The number of hydrogen-bond donors (Lipinski definition) is 2. The number of thiophene rings is 1. The molecule has 0 bridgehead atoms. The highest BCUT2D eigenvalue weighted by Crippen LogP contribution is 2.47. The number of nitrogens with two attached hydrogens (primary N) is 1. The molecule has 6 nitrogen and oxygen atoms in total. The lowest BCUT2D eigenvalue weighted by Crippen LogP contribution is -2.30. The van der Waals surface area contributed by atoms with Crippen molar-refractivity contribution in [1.82, 2.24) is 15.3 Å². The third-order valence-electron chi connectivity index (χ3n) is 5.06. The summed E-state index contributed by atoms with van der Waals surface area (Å²) in [4.78, 5) is 22.5. The van der Waals surface area contributed by atoms with Gasteiger partial charge in [0.1, 0.15) is 11.2 Å². The van der Waals surface area contributed by atoms with Crippen LogP contribution in [-0.4, -0.2) is 35.6 Å². The fourth-order valence-electron chi connectivity index (χ4n) is 3.84. The summed E-state index contributed by atoms with van der Waals surface area (Å²) in [5.41, 5.74) is 6.64. The van der Waals surface area contributed by atoms with Crippen molar-refractivity contribution in [3.8, 4) is 5.88 Å². The molecule has 1 unspecified atom stereocenters. The van der Waals surface area contributed by atoms with Crippen molar-refractivity contribution in [2.24, 2.45) is 11.7 Å². The van der Waals surface area contributed by atoms with Crippen molar-refractivity contribution in [3.63, 3.8) is 0 Å². The van der Waals surface area contributed by atoms with E-state index in [1.807, 2.05) is 0 Å². The van der Waals surface area contributed by atoms with E-state index in [-0.39, 0.29) is 11.8 Å². The maximum atomic E-state index is 11.4. The number of carbonyl (C=O) groups is 1. The smallest absolute Gasteiger partial charge is 0.225 e. The van der Waals surface area contributed by atoms with Gasteiger partial charge >= 0.3 is 0 Å². The molecule has 2 aromatic rings. The van der Waals surface area contributed by atoms with Crippen molar-refractivity contribution in [1.29, 1.82) is 0 Å². The number of fused-ring (bicyclic) bond motifs is 3. The van der Waals surface area contributed by atoms with Gasteiger partial charge < -0.3 is 15.8 Å². The Balaban J connectivity index is 1.62. The fourth-order valence-corrected chi connectivity index (χ4v) is 5.07. The lowest BCUT2D eigenvalue weighted by molar-refractivity contribution is -0.118. The van der Waals surface area contributed by atoms with E-state index in [1.54, 1.807) is 17.7 Å². The van der Waals surface area contributed by atoms with Crippen molar-refractivity contribution < 1.29 is 9.53 Å². The van der Waals surface area contributed by atoms with Crippen LogP contribution >= 0.6 is 11.3 Å². The number of aromatic nitrogens is 2. The van der Waals surface area contributed by atoms with Crippen LogP contribution in [0.3, 0.4) is 0 Å². The molecule has 1 fully saturated rings. The Morgan fingerprint density at radius 1 is 1.33 bits per heavy atom. The summed E-state index contributed by atoms with van der Waals surface area (Å²) < 4.78 is 6.11. The molecule has 0 saturated carbocycles. The van der Waals surface area contributed by atoms with E-state index in [0.717, 1.165) is 49.0 Å². The topological polar surface area (TPSA) is 90.1 Å². The summed E-state index contributed by atoms with van der Waals surface area (Å²) in [7, 11) is 0. The zero-order valence-corrected chi connectivity index (χ0v) is 14.4. The first kappa shape index (κ1) is 15.8. The molecule has 4 rings (SSSR count). The van der Waals surface area contributed by atoms with E-state index in [0.29, 0.717) is 24.8 Å². The largest absolute Gasteiger partial charge is 0.477 e. The summed E-state index contributed by atoms with van der Waals surface area (Å²) in [5, 5.41) is 4.38. The Bertz CT molecular complexity index is 754. The second-order valence-corrected chi connectivity index (χ2v) is 7.79. The zero-order chi connectivity index (χ0) is 16.5. The van der Waals surface area contributed by atoms with Crippen molar-refractivity contribution >= 4 is 27.5 Å². The number of hydrogen-bond acceptors (Lipinski definition) is 6. The average molecular weight is 346 g/mol. The zero-order valence-electron chi connectivity index (χ0n) is 13.6. The predicted octanol–water partition coefficient (Wildman–Crippen LogP) is 1.97. The van der Waals surface area contributed by atoms with E-state index in [9.17, 15) is 4.79 Å². The summed E-state index contributed by atoms with van der Waals surface area (Å²) >= 11 is 1.70. The molecule has 1 atom stereocenters. The Morgan fingerprint density at radius 3 is 2.96 bits per heavy atom. The Morgan fingerprint density at radius 2 is 2.17 bits per heavy atom. The normalized spacial score (nSPS) is 21.1. The Labute approximate surface area is 144 Å². The molecule has 3 N–H and O–H groups in total. The van der Waals surface area contributed by atoms with Crippen LogP contribution in [0.5, 0.6) is 5.88 Å². The van der Waals surface area contributed by atoms with Gasteiger partial charge in [-0.05, 0) is 56.2 Å². The van der Waals surface area contributed by atoms with Crippen molar-refractivity contribution in [2.45, 2.75) is 38.0 Å². The third kappa shape index (κ3) is 2.98. The van der Waals surface area contributed by atoms with Gasteiger partial charge in [0.2, 0.25) is 11.8 Å². The number of rotatable bonds is 5. The summed E-state index contributed by atoms with van der Waals surface area (Å²) in [6, 6.07) is 0. The number of amides is 1. The minimum atomic E-state index is -0.249. The molecule has 1 aliphatic carbocycles. The monoisotopic (exact) mass is 346 g/mol. The van der Waals surface area contributed by atoms with Crippen molar-refractivity contribution in [3.05, 3.63) is 16.8 Å². The minimum Gasteiger partial charge on any atom is -0.477 e. The molecule has 1 saturated heterocycles. The van der Waals surface area contributed by atoms with Crippen LogP contribution in [0.4, 0.5) is 0 Å². The molecular weight excluding hydrogens is 324 g/mol. The van der Waals surface area contributed by atoms with Gasteiger partial charge in [-0.15, -0.1) is 11.3 Å². The number of piperidine rings is 1. The van der Waals surface area contributed by atoms with Crippen LogP contribution in [0.2, 0.25) is 0 Å². The van der Waals surface area contributed by atoms with Crippen molar-refractivity contribution in [2.75, 3.05) is 19.7 Å².